The van der Waals surface area contributed by atoms with Gasteiger partial charge in [-0.1, -0.05) is 26.0 Å². The first-order valence-electron chi connectivity index (χ1n) is 9.64. The molecule has 0 spiro atoms. The van der Waals surface area contributed by atoms with Crippen LogP contribution in [-0.2, 0) is 25.1 Å². The Morgan fingerprint density at radius 2 is 1.83 bits per heavy atom. The smallest absolute Gasteiger partial charge is 0.351 e. The highest BCUT2D eigenvalue weighted by molar-refractivity contribution is 7.53. The number of carbonyl (C=O) groups is 2. The molecule has 10 heteroatoms. The third-order valence-electron chi connectivity index (χ3n) is 4.39. The number of carbonyl (C=O) groups excluding carboxylic acids is 1. The normalized spacial score (nSPS) is 15.5. The quantitative estimate of drug-likeness (QED) is 0.181. The number of aryl methyl sites for hydroxylation is 1. The van der Waals surface area contributed by atoms with Gasteiger partial charge in [0.15, 0.2) is 6.10 Å². The lowest BCUT2D eigenvalue weighted by Crippen LogP contribution is -2.40. The molecule has 0 radical (unpaired) electrons. The SMILES string of the molecule is CC(C)C(NC(=O)CCc1ccc(N)cc1)P(=O)(O)O[C@@H](CCCCN)C(=O)O. The molecular formula is C19H32N3O6P. The van der Waals surface area contributed by atoms with E-state index in [-0.39, 0.29) is 12.8 Å². The maximum atomic E-state index is 12.8. The second kappa shape index (κ2) is 11.9. The summed E-state index contributed by atoms with van der Waals surface area (Å²) in [5.41, 5.74) is 12.5. The minimum atomic E-state index is -4.43. The van der Waals surface area contributed by atoms with E-state index >= 15 is 0 Å². The molecule has 0 aromatic heterocycles. The first kappa shape index (κ1) is 25.1. The number of hydrogen-bond acceptors (Lipinski definition) is 6. The number of carboxylic acid groups (broad SMARTS) is 1. The fraction of sp³-hybridized carbons (Fsp3) is 0.579. The molecule has 0 saturated heterocycles. The predicted octanol–water partition coefficient (Wildman–Crippen LogP) is 2.08. The van der Waals surface area contributed by atoms with Gasteiger partial charge in [-0.3, -0.25) is 13.9 Å². The number of nitrogens with one attached hydrogen (secondary N) is 1. The zero-order valence-electron chi connectivity index (χ0n) is 16.9. The molecule has 2 unspecified atom stereocenters. The van der Waals surface area contributed by atoms with E-state index in [2.05, 4.69) is 5.32 Å². The van der Waals surface area contributed by atoms with Crippen LogP contribution in [0.5, 0.6) is 0 Å². The summed E-state index contributed by atoms with van der Waals surface area (Å²) in [5, 5.41) is 11.8. The molecule has 29 heavy (non-hydrogen) atoms. The number of aliphatic carboxylic acids is 1. The summed E-state index contributed by atoms with van der Waals surface area (Å²) in [6.45, 7) is 3.70. The highest BCUT2D eigenvalue weighted by Crippen LogP contribution is 2.50. The van der Waals surface area contributed by atoms with Crippen LogP contribution in [0.4, 0.5) is 5.69 Å². The lowest BCUT2D eigenvalue weighted by Gasteiger charge is -2.28. The number of unbranched alkanes of at least 4 members (excludes halogenated alkanes) is 1. The average molecular weight is 429 g/mol. The Kier molecular flexibility index (Phi) is 10.3. The molecule has 7 N–H and O–H groups in total. The molecule has 0 saturated carbocycles. The van der Waals surface area contributed by atoms with E-state index in [4.69, 9.17) is 16.0 Å². The van der Waals surface area contributed by atoms with Crippen molar-refractivity contribution in [2.24, 2.45) is 11.7 Å². The molecule has 0 aliphatic carbocycles. The van der Waals surface area contributed by atoms with E-state index in [1.165, 1.54) is 0 Å². The first-order valence-corrected chi connectivity index (χ1v) is 11.3. The average Bonchev–Trinajstić information content (AvgIpc) is 2.64. The van der Waals surface area contributed by atoms with Gasteiger partial charge >= 0.3 is 13.6 Å². The fourth-order valence-corrected chi connectivity index (χ4v) is 4.50. The Morgan fingerprint density at radius 3 is 2.34 bits per heavy atom. The summed E-state index contributed by atoms with van der Waals surface area (Å²) in [5.74, 6) is -3.40. The molecule has 164 valence electrons. The molecule has 0 bridgehead atoms. The molecule has 1 amide bonds. The molecule has 9 nitrogen and oxygen atoms in total. The summed E-state index contributed by atoms with van der Waals surface area (Å²) < 4.78 is 17.9. The Bertz CT molecular complexity index is 710. The summed E-state index contributed by atoms with van der Waals surface area (Å²) >= 11 is 0. The van der Waals surface area contributed by atoms with Gasteiger partial charge in [0, 0.05) is 12.1 Å². The summed E-state index contributed by atoms with van der Waals surface area (Å²) in [6, 6.07) is 7.08. The van der Waals surface area contributed by atoms with Crippen molar-refractivity contribution in [1.29, 1.82) is 0 Å². The van der Waals surface area contributed by atoms with E-state index in [1.54, 1.807) is 38.1 Å². The third-order valence-corrected chi connectivity index (χ3v) is 6.37. The van der Waals surface area contributed by atoms with Crippen LogP contribution in [0.3, 0.4) is 0 Å². The summed E-state index contributed by atoms with van der Waals surface area (Å²) in [6.07, 6.45) is 0.195. The van der Waals surface area contributed by atoms with E-state index in [1.807, 2.05) is 0 Å². The zero-order chi connectivity index (χ0) is 22.0. The second-order valence-electron chi connectivity index (χ2n) is 7.28. The summed E-state index contributed by atoms with van der Waals surface area (Å²) in [4.78, 5) is 34.1. The van der Waals surface area contributed by atoms with Gasteiger partial charge in [-0.25, -0.2) is 4.79 Å². The second-order valence-corrected chi connectivity index (χ2v) is 9.17. The number of anilines is 1. The third kappa shape index (κ3) is 8.95. The number of nitrogen functional groups attached to an aromatic ring is 1. The van der Waals surface area contributed by atoms with E-state index in [0.29, 0.717) is 31.5 Å². The number of carboxylic acids is 1. The maximum Gasteiger partial charge on any atom is 0.351 e. The van der Waals surface area contributed by atoms with Gasteiger partial charge in [-0.15, -0.1) is 0 Å². The van der Waals surface area contributed by atoms with Crippen LogP contribution in [0.1, 0.15) is 45.1 Å². The number of benzene rings is 1. The van der Waals surface area contributed by atoms with Crippen LogP contribution >= 0.6 is 7.60 Å². The Morgan fingerprint density at radius 1 is 1.21 bits per heavy atom. The number of nitrogens with two attached hydrogens (primary N) is 2. The van der Waals surface area contributed by atoms with E-state index in [9.17, 15) is 24.2 Å². The van der Waals surface area contributed by atoms with Crippen LogP contribution < -0.4 is 16.8 Å². The van der Waals surface area contributed by atoms with Crippen LogP contribution in [0.25, 0.3) is 0 Å². The van der Waals surface area contributed by atoms with Gasteiger partial charge in [-0.2, -0.15) is 0 Å². The van der Waals surface area contributed by atoms with Crippen molar-refractivity contribution in [2.75, 3.05) is 12.3 Å². The van der Waals surface area contributed by atoms with Gasteiger partial charge in [0.1, 0.15) is 5.78 Å². The van der Waals surface area contributed by atoms with Gasteiger partial charge in [-0.05, 0) is 55.8 Å². The van der Waals surface area contributed by atoms with Crippen molar-refractivity contribution >= 4 is 25.2 Å². The van der Waals surface area contributed by atoms with Crippen LogP contribution in [-0.4, -0.2) is 40.3 Å². The predicted molar refractivity (Wildman–Crippen MR) is 111 cm³/mol. The fourth-order valence-electron chi connectivity index (χ4n) is 2.75. The maximum absolute atomic E-state index is 12.8. The number of amides is 1. The van der Waals surface area contributed by atoms with Gasteiger partial charge in [0.2, 0.25) is 5.91 Å². The van der Waals surface area contributed by atoms with Crippen LogP contribution in [0.2, 0.25) is 0 Å². The van der Waals surface area contributed by atoms with Crippen molar-refractivity contribution in [2.45, 2.75) is 57.8 Å². The molecule has 0 fully saturated rings. The van der Waals surface area contributed by atoms with Crippen molar-refractivity contribution in [3.05, 3.63) is 29.8 Å². The number of hydrogen-bond donors (Lipinski definition) is 5. The molecule has 0 aliphatic heterocycles. The number of rotatable bonds is 13. The molecule has 0 heterocycles. The van der Waals surface area contributed by atoms with Crippen molar-refractivity contribution in [1.82, 2.24) is 5.32 Å². The van der Waals surface area contributed by atoms with Crippen molar-refractivity contribution < 1.29 is 28.7 Å². The lowest BCUT2D eigenvalue weighted by atomic mass is 10.1. The molecule has 1 aromatic carbocycles. The van der Waals surface area contributed by atoms with E-state index < -0.39 is 37.3 Å². The van der Waals surface area contributed by atoms with Crippen LogP contribution in [0.15, 0.2) is 24.3 Å². The largest absolute Gasteiger partial charge is 0.479 e. The Labute approximate surface area is 171 Å². The van der Waals surface area contributed by atoms with Gasteiger partial charge in [0.05, 0.1) is 0 Å². The molecule has 3 atom stereocenters. The Balaban J connectivity index is 2.74. The molecular weight excluding hydrogens is 397 g/mol. The first-order chi connectivity index (χ1) is 13.6. The lowest BCUT2D eigenvalue weighted by molar-refractivity contribution is -0.145. The zero-order valence-corrected chi connectivity index (χ0v) is 17.8. The monoisotopic (exact) mass is 429 g/mol. The van der Waals surface area contributed by atoms with Gasteiger partial charge in [0.25, 0.3) is 0 Å². The minimum absolute atomic E-state index is 0.0625. The van der Waals surface area contributed by atoms with Crippen molar-refractivity contribution in [3.8, 4) is 0 Å². The van der Waals surface area contributed by atoms with Crippen molar-refractivity contribution in [3.63, 3.8) is 0 Å². The van der Waals surface area contributed by atoms with Gasteiger partial charge < -0.3 is 26.8 Å². The van der Waals surface area contributed by atoms with E-state index in [0.717, 1.165) is 5.56 Å². The molecule has 1 aromatic rings. The van der Waals surface area contributed by atoms with Crippen LogP contribution in [0, 0.1) is 5.92 Å². The minimum Gasteiger partial charge on any atom is -0.479 e. The topological polar surface area (TPSA) is 165 Å². The highest BCUT2D eigenvalue weighted by atomic mass is 31.2. The Hall–Kier alpha value is -1.93. The summed E-state index contributed by atoms with van der Waals surface area (Å²) in [7, 11) is -4.43. The highest BCUT2D eigenvalue weighted by Gasteiger charge is 2.40. The molecule has 1 rings (SSSR count). The molecule has 0 aliphatic rings. The standard InChI is InChI=1S/C19H32N3O6P/c1-13(2)18(22-17(23)11-8-14-6-9-15(21)10-7-14)29(26,27)28-16(19(24)25)5-3-4-12-20/h6-7,9-10,13,16,18H,3-5,8,11-12,20-21H2,1-2H3,(H,22,23)(H,24,25)(H,26,27)/t16-,18?/m0/s1.